The minimum Gasteiger partial charge on any atom is -0.369 e. The lowest BCUT2D eigenvalue weighted by atomic mass is 10.00. The predicted octanol–water partition coefficient (Wildman–Crippen LogP) is 3.27. The summed E-state index contributed by atoms with van der Waals surface area (Å²) in [5.41, 5.74) is -0.731. The second-order valence-corrected chi connectivity index (χ2v) is 5.56. The van der Waals surface area contributed by atoms with Crippen molar-refractivity contribution >= 4 is 21.7 Å². The van der Waals surface area contributed by atoms with Crippen molar-refractivity contribution in [3.05, 3.63) is 22.3 Å². The molecule has 106 valence electrons. The standard InChI is InChI=1S/C12H15BrF3N3/c13-9-4-10(12(14,15)16)11(19-7-9)18-6-8-2-1-3-17-5-8/h4,7-8,17H,1-3,5-6H2,(H,18,19). The highest BCUT2D eigenvalue weighted by Crippen LogP contribution is 2.35. The van der Waals surface area contributed by atoms with Crippen molar-refractivity contribution in [3.63, 3.8) is 0 Å². The smallest absolute Gasteiger partial charge is 0.369 e. The first-order chi connectivity index (χ1) is 8.97. The lowest BCUT2D eigenvalue weighted by molar-refractivity contribution is -0.137. The molecule has 0 aromatic carbocycles. The monoisotopic (exact) mass is 337 g/mol. The normalized spacial score (nSPS) is 20.3. The Hall–Kier alpha value is -0.820. The van der Waals surface area contributed by atoms with Crippen LogP contribution in [0.2, 0.25) is 0 Å². The summed E-state index contributed by atoms with van der Waals surface area (Å²) in [6.07, 6.45) is -0.940. The molecule has 0 bridgehead atoms. The van der Waals surface area contributed by atoms with E-state index >= 15 is 0 Å². The Labute approximate surface area is 118 Å². The van der Waals surface area contributed by atoms with Crippen LogP contribution in [0.4, 0.5) is 19.0 Å². The molecule has 1 aliphatic heterocycles. The molecule has 2 N–H and O–H groups in total. The summed E-state index contributed by atoms with van der Waals surface area (Å²) >= 11 is 3.02. The lowest BCUT2D eigenvalue weighted by Gasteiger charge is -2.24. The number of hydrogen-bond donors (Lipinski definition) is 2. The number of alkyl halides is 3. The van der Waals surface area contributed by atoms with Crippen LogP contribution in [-0.4, -0.2) is 24.6 Å². The molecule has 2 heterocycles. The SMILES string of the molecule is FC(F)(F)c1cc(Br)cnc1NCC1CCCNC1. The zero-order valence-electron chi connectivity index (χ0n) is 10.2. The number of nitrogens with zero attached hydrogens (tertiary/aromatic N) is 1. The van der Waals surface area contributed by atoms with E-state index in [2.05, 4.69) is 31.5 Å². The van der Waals surface area contributed by atoms with Crippen molar-refractivity contribution in [3.8, 4) is 0 Å². The fourth-order valence-corrected chi connectivity index (χ4v) is 2.47. The third-order valence-corrected chi connectivity index (χ3v) is 3.55. The van der Waals surface area contributed by atoms with E-state index in [1.807, 2.05) is 0 Å². The summed E-state index contributed by atoms with van der Waals surface area (Å²) in [6.45, 7) is 2.33. The van der Waals surface area contributed by atoms with Crippen molar-refractivity contribution < 1.29 is 13.2 Å². The second kappa shape index (κ2) is 6.09. The number of rotatable bonds is 3. The average molecular weight is 338 g/mol. The van der Waals surface area contributed by atoms with E-state index in [1.165, 1.54) is 6.20 Å². The first-order valence-electron chi connectivity index (χ1n) is 6.14. The molecule has 7 heteroatoms. The zero-order chi connectivity index (χ0) is 13.9. The molecule has 0 radical (unpaired) electrons. The first-order valence-corrected chi connectivity index (χ1v) is 6.93. The number of piperidine rings is 1. The van der Waals surface area contributed by atoms with E-state index < -0.39 is 11.7 Å². The fraction of sp³-hybridized carbons (Fsp3) is 0.583. The average Bonchev–Trinajstić information content (AvgIpc) is 2.37. The number of halogens is 4. The number of pyridine rings is 1. The summed E-state index contributed by atoms with van der Waals surface area (Å²) in [5, 5.41) is 6.06. The van der Waals surface area contributed by atoms with Crippen molar-refractivity contribution in [2.75, 3.05) is 25.0 Å². The third-order valence-electron chi connectivity index (χ3n) is 3.12. The minimum atomic E-state index is -4.40. The molecule has 3 nitrogen and oxygen atoms in total. The maximum absolute atomic E-state index is 12.9. The summed E-state index contributed by atoms with van der Waals surface area (Å²) in [7, 11) is 0. The zero-order valence-corrected chi connectivity index (χ0v) is 11.8. The molecule has 19 heavy (non-hydrogen) atoms. The Morgan fingerprint density at radius 3 is 2.89 bits per heavy atom. The quantitative estimate of drug-likeness (QED) is 0.888. The van der Waals surface area contributed by atoms with Crippen molar-refractivity contribution in [2.45, 2.75) is 19.0 Å². The van der Waals surface area contributed by atoms with Gasteiger partial charge in [0.2, 0.25) is 0 Å². The van der Waals surface area contributed by atoms with E-state index in [1.54, 1.807) is 0 Å². The molecular weight excluding hydrogens is 323 g/mol. The predicted molar refractivity (Wildman–Crippen MR) is 71.0 cm³/mol. The van der Waals surface area contributed by atoms with Crippen LogP contribution in [0.15, 0.2) is 16.7 Å². The van der Waals surface area contributed by atoms with Gasteiger partial charge in [-0.05, 0) is 53.8 Å². The fourth-order valence-electron chi connectivity index (χ4n) is 2.14. The van der Waals surface area contributed by atoms with Gasteiger partial charge < -0.3 is 10.6 Å². The van der Waals surface area contributed by atoms with Gasteiger partial charge in [-0.3, -0.25) is 0 Å². The van der Waals surface area contributed by atoms with Crippen LogP contribution in [0.1, 0.15) is 18.4 Å². The minimum absolute atomic E-state index is 0.0960. The second-order valence-electron chi connectivity index (χ2n) is 4.64. The van der Waals surface area contributed by atoms with Crippen molar-refractivity contribution in [1.29, 1.82) is 0 Å². The Balaban J connectivity index is 2.06. The number of anilines is 1. The van der Waals surface area contributed by atoms with Crippen LogP contribution < -0.4 is 10.6 Å². The van der Waals surface area contributed by atoms with Crippen LogP contribution in [-0.2, 0) is 6.18 Å². The van der Waals surface area contributed by atoms with Crippen LogP contribution in [0, 0.1) is 5.92 Å². The van der Waals surface area contributed by atoms with Gasteiger partial charge in [-0.1, -0.05) is 0 Å². The Kier molecular flexibility index (Phi) is 4.67. The molecule has 0 aliphatic carbocycles. The van der Waals surface area contributed by atoms with Gasteiger partial charge in [0.15, 0.2) is 0 Å². The van der Waals surface area contributed by atoms with E-state index in [4.69, 9.17) is 0 Å². The highest BCUT2D eigenvalue weighted by molar-refractivity contribution is 9.10. The van der Waals surface area contributed by atoms with Crippen molar-refractivity contribution in [1.82, 2.24) is 10.3 Å². The Morgan fingerprint density at radius 1 is 1.47 bits per heavy atom. The number of nitrogens with one attached hydrogen (secondary N) is 2. The largest absolute Gasteiger partial charge is 0.419 e. The maximum atomic E-state index is 12.9. The van der Waals surface area contributed by atoms with Gasteiger partial charge in [-0.2, -0.15) is 13.2 Å². The summed E-state index contributed by atoms with van der Waals surface area (Å²) < 4.78 is 39.0. The van der Waals surface area contributed by atoms with Crippen molar-refractivity contribution in [2.24, 2.45) is 5.92 Å². The van der Waals surface area contributed by atoms with E-state index in [-0.39, 0.29) is 5.82 Å². The summed E-state index contributed by atoms with van der Waals surface area (Å²) in [4.78, 5) is 3.83. The highest BCUT2D eigenvalue weighted by atomic mass is 79.9. The van der Waals surface area contributed by atoms with Crippen LogP contribution >= 0.6 is 15.9 Å². The summed E-state index contributed by atoms with van der Waals surface area (Å²) in [6, 6.07) is 1.05. The van der Waals surface area contributed by atoms with E-state index in [0.717, 1.165) is 32.0 Å². The van der Waals surface area contributed by atoms with E-state index in [9.17, 15) is 13.2 Å². The molecular formula is C12H15BrF3N3. The maximum Gasteiger partial charge on any atom is 0.419 e. The molecule has 1 aromatic heterocycles. The molecule has 1 aliphatic rings. The first kappa shape index (κ1) is 14.6. The number of hydrogen-bond acceptors (Lipinski definition) is 3. The lowest BCUT2D eigenvalue weighted by Crippen LogP contribution is -2.33. The van der Waals surface area contributed by atoms with Gasteiger partial charge in [0, 0.05) is 17.2 Å². The summed E-state index contributed by atoms with van der Waals surface area (Å²) in [5.74, 6) is 0.251. The molecule has 1 saturated heterocycles. The van der Waals surface area contributed by atoms with Gasteiger partial charge in [0.05, 0.1) is 5.56 Å². The van der Waals surface area contributed by atoms with Gasteiger partial charge in [0.25, 0.3) is 0 Å². The molecule has 2 rings (SSSR count). The molecule has 0 saturated carbocycles. The van der Waals surface area contributed by atoms with Gasteiger partial charge in [0.1, 0.15) is 5.82 Å². The van der Waals surface area contributed by atoms with Gasteiger partial charge in [-0.25, -0.2) is 4.98 Å². The number of aromatic nitrogens is 1. The highest BCUT2D eigenvalue weighted by Gasteiger charge is 2.34. The molecule has 0 amide bonds. The van der Waals surface area contributed by atoms with Gasteiger partial charge >= 0.3 is 6.18 Å². The Bertz CT molecular complexity index is 431. The van der Waals surface area contributed by atoms with Crippen LogP contribution in [0.25, 0.3) is 0 Å². The topological polar surface area (TPSA) is 37.0 Å². The third kappa shape index (κ3) is 4.07. The molecule has 1 unspecified atom stereocenters. The molecule has 0 spiro atoms. The van der Waals surface area contributed by atoms with Gasteiger partial charge in [-0.15, -0.1) is 0 Å². The van der Waals surface area contributed by atoms with Crippen LogP contribution in [0.3, 0.4) is 0 Å². The molecule has 1 fully saturated rings. The molecule has 1 atom stereocenters. The Morgan fingerprint density at radius 2 is 2.26 bits per heavy atom. The van der Waals surface area contributed by atoms with Crippen LogP contribution in [0.5, 0.6) is 0 Å². The molecule has 1 aromatic rings. The van der Waals surface area contributed by atoms with E-state index in [0.29, 0.717) is 16.9 Å².